The van der Waals surface area contributed by atoms with E-state index in [1.54, 1.807) is 24.3 Å². The monoisotopic (exact) mass is 475 g/mol. The summed E-state index contributed by atoms with van der Waals surface area (Å²) in [5.74, 6) is 0.248. The Morgan fingerprint density at radius 3 is 2.66 bits per heavy atom. The highest BCUT2D eigenvalue weighted by Crippen LogP contribution is 2.34. The Kier molecular flexibility index (Phi) is 6.58. The van der Waals surface area contributed by atoms with E-state index in [0.29, 0.717) is 51.5 Å². The fraction of sp³-hybridized carbons (Fsp3) is 0.348. The van der Waals surface area contributed by atoms with Crippen molar-refractivity contribution in [2.45, 2.75) is 45.3 Å². The number of hydrogen-bond acceptors (Lipinski definition) is 6. The number of hydrogen-bond donors (Lipinski definition) is 2. The van der Waals surface area contributed by atoms with E-state index in [1.165, 1.54) is 0 Å². The quantitative estimate of drug-likeness (QED) is 0.421. The molecule has 0 spiro atoms. The van der Waals surface area contributed by atoms with E-state index < -0.39 is 5.97 Å². The summed E-state index contributed by atoms with van der Waals surface area (Å²) >= 11 is 12.8. The first kappa shape index (κ1) is 22.4. The number of nitrogens with one attached hydrogen (secondary N) is 1. The lowest BCUT2D eigenvalue weighted by Crippen LogP contribution is -2.17. The van der Waals surface area contributed by atoms with Crippen LogP contribution < -0.4 is 10.1 Å². The highest BCUT2D eigenvalue weighted by Gasteiger charge is 2.29. The largest absolute Gasteiger partial charge is 0.489 e. The van der Waals surface area contributed by atoms with E-state index in [4.69, 9.17) is 37.6 Å². The van der Waals surface area contributed by atoms with Crippen molar-refractivity contribution in [2.24, 2.45) is 5.92 Å². The summed E-state index contributed by atoms with van der Waals surface area (Å²) in [4.78, 5) is 15.6. The number of carbonyl (C=O) groups is 1. The number of aliphatic carboxylic acids is 1. The average Bonchev–Trinajstić information content (AvgIpc) is 3.39. The molecule has 2 atom stereocenters. The molecule has 1 aliphatic carbocycles. The zero-order chi connectivity index (χ0) is 22.8. The van der Waals surface area contributed by atoms with Crippen molar-refractivity contribution in [3.05, 3.63) is 46.4 Å². The van der Waals surface area contributed by atoms with Gasteiger partial charge in [0.15, 0.2) is 0 Å². The third-order valence-electron chi connectivity index (χ3n) is 5.33. The van der Waals surface area contributed by atoms with Crippen molar-refractivity contribution in [1.82, 2.24) is 10.1 Å². The van der Waals surface area contributed by atoms with Crippen molar-refractivity contribution in [3.63, 3.8) is 0 Å². The molecular formula is C23H23Cl2N3O4. The van der Waals surface area contributed by atoms with Gasteiger partial charge in [0, 0.05) is 17.3 Å². The number of aromatic nitrogens is 2. The second-order valence-corrected chi connectivity index (χ2v) is 8.93. The molecule has 1 aliphatic rings. The third-order valence-corrected chi connectivity index (χ3v) is 5.94. The molecule has 4 rings (SSSR count). The van der Waals surface area contributed by atoms with Crippen molar-refractivity contribution in [1.29, 1.82) is 0 Å². The second kappa shape index (κ2) is 9.38. The molecule has 1 unspecified atom stereocenters. The average molecular weight is 476 g/mol. The van der Waals surface area contributed by atoms with Gasteiger partial charge < -0.3 is 19.7 Å². The molecule has 2 N–H and O–H groups in total. The standard InChI is InChI=1S/C23H23Cl2N3O4/c1-12(2)31-20-8-4-13(10-19(20)25)21-27-22(32-28-21)17-7-6-16(11-18(17)24)26-15-5-3-14(9-15)23(29)30/h4,6-8,10-12,14-15,26H,3,5,9H2,1-2H3,(H,29,30)/t14-,15?/m1/s1. The minimum Gasteiger partial charge on any atom is -0.489 e. The number of carboxylic acids is 1. The fourth-order valence-electron chi connectivity index (χ4n) is 3.79. The molecule has 0 radical (unpaired) electrons. The third kappa shape index (κ3) is 5.00. The fourth-order valence-corrected chi connectivity index (χ4v) is 4.28. The normalized spacial score (nSPS) is 18.2. The number of benzene rings is 2. The predicted octanol–water partition coefficient (Wildman–Crippen LogP) is 6.16. The topological polar surface area (TPSA) is 97.5 Å². The summed E-state index contributed by atoms with van der Waals surface area (Å²) in [7, 11) is 0. The van der Waals surface area contributed by atoms with Crippen LogP contribution in [0.15, 0.2) is 40.9 Å². The van der Waals surface area contributed by atoms with Gasteiger partial charge in [0.2, 0.25) is 5.82 Å². The Balaban J connectivity index is 1.48. The van der Waals surface area contributed by atoms with Gasteiger partial charge >= 0.3 is 5.97 Å². The van der Waals surface area contributed by atoms with Crippen LogP contribution in [0.2, 0.25) is 10.0 Å². The Labute approximate surface area is 195 Å². The van der Waals surface area contributed by atoms with Gasteiger partial charge in [-0.05, 0) is 69.5 Å². The molecule has 7 nitrogen and oxygen atoms in total. The zero-order valence-electron chi connectivity index (χ0n) is 17.6. The SMILES string of the molecule is CC(C)Oc1ccc(-c2noc(-c3ccc(NC4CC[C@@H](C(=O)O)C4)cc3Cl)n2)cc1Cl. The van der Waals surface area contributed by atoms with Crippen molar-refractivity contribution >= 4 is 34.9 Å². The van der Waals surface area contributed by atoms with E-state index in [-0.39, 0.29) is 18.1 Å². The summed E-state index contributed by atoms with van der Waals surface area (Å²) < 4.78 is 11.1. The summed E-state index contributed by atoms with van der Waals surface area (Å²) in [6.45, 7) is 3.86. The Bertz CT molecular complexity index is 1130. The molecule has 1 aromatic heterocycles. The van der Waals surface area contributed by atoms with Crippen molar-refractivity contribution in [2.75, 3.05) is 5.32 Å². The molecule has 9 heteroatoms. The lowest BCUT2D eigenvalue weighted by Gasteiger charge is -2.14. The first-order chi connectivity index (χ1) is 15.3. The van der Waals surface area contributed by atoms with Crippen LogP contribution in [0.4, 0.5) is 5.69 Å². The minimum absolute atomic E-state index is 0.0157. The van der Waals surface area contributed by atoms with E-state index >= 15 is 0 Å². The summed E-state index contributed by atoms with van der Waals surface area (Å²) in [6, 6.07) is 10.9. The molecule has 0 bridgehead atoms. The number of nitrogens with zero attached hydrogens (tertiary/aromatic N) is 2. The molecule has 0 amide bonds. The lowest BCUT2D eigenvalue weighted by molar-refractivity contribution is -0.141. The highest BCUT2D eigenvalue weighted by molar-refractivity contribution is 6.33. The lowest BCUT2D eigenvalue weighted by atomic mass is 10.1. The maximum absolute atomic E-state index is 11.2. The molecule has 168 valence electrons. The Hall–Kier alpha value is -2.77. The molecule has 1 heterocycles. The molecular weight excluding hydrogens is 453 g/mol. The van der Waals surface area contributed by atoms with Gasteiger partial charge in [0.05, 0.1) is 27.6 Å². The van der Waals surface area contributed by atoms with Crippen LogP contribution in [0.1, 0.15) is 33.1 Å². The molecule has 3 aromatic rings. The van der Waals surface area contributed by atoms with Crippen LogP contribution in [-0.2, 0) is 4.79 Å². The summed E-state index contributed by atoms with van der Waals surface area (Å²) in [6.07, 6.45) is 2.11. The number of rotatable bonds is 7. The van der Waals surface area contributed by atoms with Crippen LogP contribution in [0.3, 0.4) is 0 Å². The van der Waals surface area contributed by atoms with Gasteiger partial charge in [0.1, 0.15) is 5.75 Å². The highest BCUT2D eigenvalue weighted by atomic mass is 35.5. The predicted molar refractivity (Wildman–Crippen MR) is 123 cm³/mol. The van der Waals surface area contributed by atoms with E-state index in [0.717, 1.165) is 12.1 Å². The first-order valence-corrected chi connectivity index (χ1v) is 11.2. The van der Waals surface area contributed by atoms with Crippen molar-refractivity contribution in [3.8, 4) is 28.6 Å². The molecule has 1 saturated carbocycles. The zero-order valence-corrected chi connectivity index (χ0v) is 19.2. The maximum Gasteiger partial charge on any atom is 0.306 e. The maximum atomic E-state index is 11.2. The Morgan fingerprint density at radius 2 is 2.00 bits per heavy atom. The van der Waals surface area contributed by atoms with Gasteiger partial charge in [0.25, 0.3) is 5.89 Å². The molecule has 0 saturated heterocycles. The van der Waals surface area contributed by atoms with Gasteiger partial charge in [-0.15, -0.1) is 0 Å². The van der Waals surface area contributed by atoms with Crippen LogP contribution in [-0.4, -0.2) is 33.4 Å². The molecule has 2 aromatic carbocycles. The van der Waals surface area contributed by atoms with Gasteiger partial charge in [-0.1, -0.05) is 28.4 Å². The van der Waals surface area contributed by atoms with Crippen LogP contribution in [0, 0.1) is 5.92 Å². The number of ether oxygens (including phenoxy) is 1. The summed E-state index contributed by atoms with van der Waals surface area (Å²) in [5.41, 5.74) is 2.13. The van der Waals surface area contributed by atoms with Crippen LogP contribution in [0.5, 0.6) is 5.75 Å². The van der Waals surface area contributed by atoms with E-state index in [2.05, 4.69) is 15.5 Å². The van der Waals surface area contributed by atoms with Gasteiger partial charge in [-0.3, -0.25) is 4.79 Å². The molecule has 1 fully saturated rings. The van der Waals surface area contributed by atoms with Crippen LogP contribution >= 0.6 is 23.2 Å². The second-order valence-electron chi connectivity index (χ2n) is 8.12. The first-order valence-electron chi connectivity index (χ1n) is 10.4. The minimum atomic E-state index is -0.738. The Morgan fingerprint density at radius 1 is 1.19 bits per heavy atom. The van der Waals surface area contributed by atoms with E-state index in [1.807, 2.05) is 26.0 Å². The molecule has 0 aliphatic heterocycles. The van der Waals surface area contributed by atoms with Crippen LogP contribution in [0.25, 0.3) is 22.8 Å². The smallest absolute Gasteiger partial charge is 0.306 e. The summed E-state index contributed by atoms with van der Waals surface area (Å²) in [5, 5.41) is 17.5. The molecule has 32 heavy (non-hydrogen) atoms. The number of halogens is 2. The van der Waals surface area contributed by atoms with Crippen molar-refractivity contribution < 1.29 is 19.2 Å². The van der Waals surface area contributed by atoms with Gasteiger partial charge in [-0.25, -0.2) is 0 Å². The van der Waals surface area contributed by atoms with Gasteiger partial charge in [-0.2, -0.15) is 4.98 Å². The number of carboxylic acid groups (broad SMARTS) is 1. The van der Waals surface area contributed by atoms with E-state index in [9.17, 15) is 4.79 Å². The number of anilines is 1.